The quantitative estimate of drug-likeness (QED) is 0.285. The van der Waals surface area contributed by atoms with E-state index in [-0.39, 0.29) is 22.8 Å². The first-order chi connectivity index (χ1) is 18.7. The van der Waals surface area contributed by atoms with Crippen molar-refractivity contribution in [1.29, 1.82) is 0 Å². The van der Waals surface area contributed by atoms with Crippen molar-refractivity contribution >= 4 is 33.2 Å². The smallest absolute Gasteiger partial charge is 0.271 e. The van der Waals surface area contributed by atoms with Crippen molar-refractivity contribution in [3.63, 3.8) is 0 Å². The van der Waals surface area contributed by atoms with Crippen LogP contribution in [0.3, 0.4) is 0 Å². The van der Waals surface area contributed by atoms with Gasteiger partial charge in [-0.05, 0) is 63.9 Å². The van der Waals surface area contributed by atoms with Crippen LogP contribution in [0.25, 0.3) is 0 Å². The van der Waals surface area contributed by atoms with Crippen molar-refractivity contribution in [2.45, 2.75) is 57.6 Å². The average molecular weight is 567 g/mol. The molecular formula is C29H34N4O6S. The maximum absolute atomic E-state index is 14.0. The van der Waals surface area contributed by atoms with Crippen LogP contribution in [-0.2, 0) is 26.2 Å². The van der Waals surface area contributed by atoms with Gasteiger partial charge in [0.25, 0.3) is 15.7 Å². The average Bonchev–Trinajstić information content (AvgIpc) is 2.90. The van der Waals surface area contributed by atoms with Crippen LogP contribution in [0.15, 0.2) is 83.8 Å². The zero-order valence-electron chi connectivity index (χ0n) is 23.2. The van der Waals surface area contributed by atoms with Gasteiger partial charge >= 0.3 is 0 Å². The number of anilines is 1. The second-order valence-corrected chi connectivity index (χ2v) is 12.3. The van der Waals surface area contributed by atoms with Gasteiger partial charge in [0.2, 0.25) is 11.8 Å². The van der Waals surface area contributed by atoms with E-state index >= 15 is 0 Å². The summed E-state index contributed by atoms with van der Waals surface area (Å²) in [6, 6.07) is 19.1. The van der Waals surface area contributed by atoms with Crippen molar-refractivity contribution in [1.82, 2.24) is 10.2 Å². The number of sulfonamides is 1. The summed E-state index contributed by atoms with van der Waals surface area (Å²) < 4.78 is 28.4. The molecular weight excluding hydrogens is 532 g/mol. The first-order valence-electron chi connectivity index (χ1n) is 12.7. The number of carbonyl (C=O) groups excluding carboxylic acids is 2. The highest BCUT2D eigenvalue weighted by molar-refractivity contribution is 7.92. The van der Waals surface area contributed by atoms with E-state index in [1.54, 1.807) is 25.1 Å². The number of nitrogens with one attached hydrogen (secondary N) is 1. The van der Waals surface area contributed by atoms with Gasteiger partial charge in [-0.2, -0.15) is 0 Å². The predicted molar refractivity (Wildman–Crippen MR) is 153 cm³/mol. The number of nitro groups is 1. The molecule has 3 rings (SSSR count). The third kappa shape index (κ3) is 7.44. The lowest BCUT2D eigenvalue weighted by Gasteiger charge is -2.33. The lowest BCUT2D eigenvalue weighted by Crippen LogP contribution is -2.54. The maximum Gasteiger partial charge on any atom is 0.271 e. The van der Waals surface area contributed by atoms with E-state index in [1.165, 1.54) is 35.2 Å². The number of rotatable bonds is 10. The highest BCUT2D eigenvalue weighted by Gasteiger charge is 2.34. The van der Waals surface area contributed by atoms with Crippen molar-refractivity contribution in [2.24, 2.45) is 0 Å². The molecule has 3 aromatic rings. The summed E-state index contributed by atoms with van der Waals surface area (Å²) in [7, 11) is -4.32. The van der Waals surface area contributed by atoms with Crippen molar-refractivity contribution in [3.05, 3.63) is 100 Å². The van der Waals surface area contributed by atoms with Crippen LogP contribution in [0.2, 0.25) is 0 Å². The fourth-order valence-electron chi connectivity index (χ4n) is 4.04. The van der Waals surface area contributed by atoms with E-state index in [9.17, 15) is 28.1 Å². The molecule has 212 valence electrons. The Morgan fingerprint density at radius 3 is 2.20 bits per heavy atom. The Balaban J connectivity index is 2.08. The monoisotopic (exact) mass is 566 g/mol. The largest absolute Gasteiger partial charge is 0.350 e. The van der Waals surface area contributed by atoms with Gasteiger partial charge < -0.3 is 10.2 Å². The van der Waals surface area contributed by atoms with E-state index in [0.29, 0.717) is 0 Å². The number of amides is 2. The molecule has 0 aliphatic carbocycles. The number of carbonyl (C=O) groups is 2. The molecule has 0 radical (unpaired) electrons. The summed E-state index contributed by atoms with van der Waals surface area (Å²) in [4.78, 5) is 39.2. The zero-order chi connectivity index (χ0) is 29.7. The second-order valence-electron chi connectivity index (χ2n) is 10.5. The highest BCUT2D eigenvalue weighted by Crippen LogP contribution is 2.27. The summed E-state index contributed by atoms with van der Waals surface area (Å²) in [5.41, 5.74) is 0.756. The van der Waals surface area contributed by atoms with Crippen LogP contribution < -0.4 is 9.62 Å². The zero-order valence-corrected chi connectivity index (χ0v) is 24.0. The topological polar surface area (TPSA) is 130 Å². The molecule has 0 aliphatic rings. The third-order valence-corrected chi connectivity index (χ3v) is 7.99. The molecule has 0 saturated heterocycles. The lowest BCUT2D eigenvalue weighted by molar-refractivity contribution is -0.384. The highest BCUT2D eigenvalue weighted by atomic mass is 32.2. The Hall–Kier alpha value is -4.25. The molecule has 0 spiro atoms. The Bertz CT molecular complexity index is 1490. The minimum absolute atomic E-state index is 0.0472. The van der Waals surface area contributed by atoms with Gasteiger partial charge in [-0.25, -0.2) is 8.42 Å². The van der Waals surface area contributed by atoms with Gasteiger partial charge in [0.15, 0.2) is 0 Å². The van der Waals surface area contributed by atoms with E-state index in [1.807, 2.05) is 52.0 Å². The number of benzene rings is 3. The number of hydrogen-bond donors (Lipinski definition) is 1. The Morgan fingerprint density at radius 1 is 0.975 bits per heavy atom. The third-order valence-electron chi connectivity index (χ3n) is 6.21. The molecule has 0 aromatic heterocycles. The Morgan fingerprint density at radius 2 is 1.60 bits per heavy atom. The fourth-order valence-corrected chi connectivity index (χ4v) is 5.46. The standard InChI is InChI=1S/C29H34N4O6S/c1-21-12-9-10-13-23(21)19-31(22(2)28(35)30-29(3,4)5)27(34)20-32(24-14-11-15-25(18-24)33(36)37)40(38,39)26-16-7-6-8-17-26/h6-18,22H,19-20H2,1-5H3,(H,30,35)/t22-/m1/s1. The van der Waals surface area contributed by atoms with Crippen LogP contribution in [0.5, 0.6) is 0 Å². The van der Waals surface area contributed by atoms with Gasteiger partial charge in [-0.15, -0.1) is 0 Å². The number of non-ortho nitro benzene ring substituents is 1. The number of aryl methyl sites for hydroxylation is 1. The van der Waals surface area contributed by atoms with Crippen LogP contribution in [0.1, 0.15) is 38.8 Å². The van der Waals surface area contributed by atoms with E-state index < -0.39 is 44.9 Å². The van der Waals surface area contributed by atoms with E-state index in [4.69, 9.17) is 0 Å². The van der Waals surface area contributed by atoms with E-state index in [2.05, 4.69) is 5.32 Å². The van der Waals surface area contributed by atoms with Gasteiger partial charge in [0.1, 0.15) is 12.6 Å². The van der Waals surface area contributed by atoms with Crippen LogP contribution in [-0.4, -0.2) is 48.2 Å². The van der Waals surface area contributed by atoms with Crippen LogP contribution in [0, 0.1) is 17.0 Å². The van der Waals surface area contributed by atoms with Gasteiger partial charge in [-0.1, -0.05) is 48.5 Å². The van der Waals surface area contributed by atoms with Crippen molar-refractivity contribution in [3.8, 4) is 0 Å². The van der Waals surface area contributed by atoms with Gasteiger partial charge in [-0.3, -0.25) is 24.0 Å². The number of nitrogens with zero attached hydrogens (tertiary/aromatic N) is 3. The van der Waals surface area contributed by atoms with Gasteiger partial charge in [0.05, 0.1) is 15.5 Å². The summed E-state index contributed by atoms with van der Waals surface area (Å²) in [5, 5.41) is 14.3. The molecule has 0 unspecified atom stereocenters. The molecule has 0 fully saturated rings. The molecule has 3 aromatic carbocycles. The first kappa shape index (κ1) is 30.3. The van der Waals surface area contributed by atoms with E-state index in [0.717, 1.165) is 21.5 Å². The molecule has 11 heteroatoms. The van der Waals surface area contributed by atoms with Crippen LogP contribution >= 0.6 is 0 Å². The summed E-state index contributed by atoms with van der Waals surface area (Å²) >= 11 is 0. The summed E-state index contributed by atoms with van der Waals surface area (Å²) in [6.07, 6.45) is 0. The molecule has 0 heterocycles. The number of nitro benzene ring substituents is 1. The van der Waals surface area contributed by atoms with Crippen LogP contribution in [0.4, 0.5) is 11.4 Å². The molecule has 0 aliphatic heterocycles. The molecule has 40 heavy (non-hydrogen) atoms. The Kier molecular flexibility index (Phi) is 9.31. The van der Waals surface area contributed by atoms with Crippen molar-refractivity contribution < 1.29 is 22.9 Å². The summed E-state index contributed by atoms with van der Waals surface area (Å²) in [6.45, 7) is 8.30. The SMILES string of the molecule is Cc1ccccc1CN(C(=O)CN(c1cccc([N+](=O)[O-])c1)S(=O)(=O)c1ccccc1)[C@H](C)C(=O)NC(C)(C)C. The fraction of sp³-hybridized carbons (Fsp3) is 0.310. The molecule has 10 nitrogen and oxygen atoms in total. The predicted octanol–water partition coefficient (Wildman–Crippen LogP) is 4.43. The minimum Gasteiger partial charge on any atom is -0.350 e. The minimum atomic E-state index is -4.32. The molecule has 2 amide bonds. The molecule has 0 saturated carbocycles. The molecule has 1 N–H and O–H groups in total. The number of hydrogen-bond acceptors (Lipinski definition) is 6. The normalized spacial score (nSPS) is 12.3. The summed E-state index contributed by atoms with van der Waals surface area (Å²) in [5.74, 6) is -1.05. The first-order valence-corrected chi connectivity index (χ1v) is 14.1. The second kappa shape index (κ2) is 12.3. The molecule has 1 atom stereocenters. The lowest BCUT2D eigenvalue weighted by atomic mass is 10.1. The Labute approximate surface area is 234 Å². The maximum atomic E-state index is 14.0. The van der Waals surface area contributed by atoms with Crippen molar-refractivity contribution in [2.75, 3.05) is 10.8 Å². The molecule has 0 bridgehead atoms. The van der Waals surface area contributed by atoms with Gasteiger partial charge in [0, 0.05) is 24.2 Å².